The van der Waals surface area contributed by atoms with Crippen LogP contribution in [0.1, 0.15) is 41.0 Å². The second-order valence-electron chi connectivity index (χ2n) is 5.61. The van der Waals surface area contributed by atoms with Crippen molar-refractivity contribution >= 4 is 38.9 Å². The Balaban J connectivity index is 1.89. The summed E-state index contributed by atoms with van der Waals surface area (Å²) in [6, 6.07) is 14.2. The Kier molecular flexibility index (Phi) is 5.17. The topological polar surface area (TPSA) is 29.1 Å². The van der Waals surface area contributed by atoms with Gasteiger partial charge in [0.15, 0.2) is 0 Å². The number of nitrogens with one attached hydrogen (secondary N) is 1. The van der Waals surface area contributed by atoms with Gasteiger partial charge >= 0.3 is 0 Å². The number of fused-ring (bicyclic) bond motifs is 1. The molecule has 1 amide bonds. The van der Waals surface area contributed by atoms with E-state index in [4.69, 9.17) is 11.6 Å². The van der Waals surface area contributed by atoms with Crippen LogP contribution in [0.4, 0.5) is 4.39 Å². The van der Waals surface area contributed by atoms with Crippen LogP contribution >= 0.6 is 22.9 Å². The van der Waals surface area contributed by atoms with Crippen molar-refractivity contribution in [2.75, 3.05) is 0 Å². The second kappa shape index (κ2) is 7.32. The Bertz CT molecular complexity index is 862. The molecule has 1 unspecified atom stereocenters. The van der Waals surface area contributed by atoms with E-state index in [1.165, 1.54) is 23.5 Å². The quantitative estimate of drug-likeness (QED) is 0.596. The van der Waals surface area contributed by atoms with Gasteiger partial charge in [-0.25, -0.2) is 4.39 Å². The number of carbonyl (C=O) groups is 1. The number of thiophene rings is 1. The minimum Gasteiger partial charge on any atom is -0.344 e. The van der Waals surface area contributed by atoms with Gasteiger partial charge < -0.3 is 5.32 Å². The molecule has 0 spiro atoms. The maximum Gasteiger partial charge on any atom is 0.263 e. The van der Waals surface area contributed by atoms with Crippen molar-refractivity contribution in [2.45, 2.75) is 25.8 Å². The molecule has 24 heavy (non-hydrogen) atoms. The highest BCUT2D eigenvalue weighted by atomic mass is 35.5. The molecule has 0 fully saturated rings. The first kappa shape index (κ1) is 16.9. The van der Waals surface area contributed by atoms with E-state index in [2.05, 4.69) is 12.2 Å². The van der Waals surface area contributed by atoms with Crippen LogP contribution in [-0.2, 0) is 0 Å². The summed E-state index contributed by atoms with van der Waals surface area (Å²) in [7, 11) is 0. The number of hydrogen-bond donors (Lipinski definition) is 1. The van der Waals surface area contributed by atoms with E-state index in [9.17, 15) is 9.18 Å². The van der Waals surface area contributed by atoms with Gasteiger partial charge in [0.25, 0.3) is 5.91 Å². The zero-order valence-corrected chi connectivity index (χ0v) is 14.8. The molecule has 0 bridgehead atoms. The third kappa shape index (κ3) is 3.45. The highest BCUT2D eigenvalue weighted by Crippen LogP contribution is 2.36. The first-order valence-electron chi connectivity index (χ1n) is 7.83. The van der Waals surface area contributed by atoms with E-state index >= 15 is 0 Å². The van der Waals surface area contributed by atoms with Crippen LogP contribution in [0.3, 0.4) is 0 Å². The van der Waals surface area contributed by atoms with Gasteiger partial charge in [-0.1, -0.05) is 55.3 Å². The molecule has 3 rings (SSSR count). The molecule has 0 aliphatic carbocycles. The van der Waals surface area contributed by atoms with Crippen LogP contribution in [0.15, 0.2) is 48.5 Å². The summed E-state index contributed by atoms with van der Waals surface area (Å²) >= 11 is 7.56. The van der Waals surface area contributed by atoms with E-state index in [0.29, 0.717) is 20.0 Å². The predicted molar refractivity (Wildman–Crippen MR) is 98.4 cm³/mol. The zero-order chi connectivity index (χ0) is 17.1. The summed E-state index contributed by atoms with van der Waals surface area (Å²) in [6.07, 6.45) is 1.79. The van der Waals surface area contributed by atoms with Gasteiger partial charge in [-0.3, -0.25) is 4.79 Å². The summed E-state index contributed by atoms with van der Waals surface area (Å²) in [5.74, 6) is -0.551. The van der Waals surface area contributed by atoms with Crippen molar-refractivity contribution in [1.29, 1.82) is 0 Å². The molecule has 0 aliphatic heterocycles. The van der Waals surface area contributed by atoms with E-state index in [1.807, 2.05) is 30.3 Å². The van der Waals surface area contributed by atoms with E-state index < -0.39 is 0 Å². The molecule has 0 aliphatic rings. The normalized spacial score (nSPS) is 12.3. The van der Waals surface area contributed by atoms with E-state index in [0.717, 1.165) is 18.4 Å². The second-order valence-corrected chi connectivity index (χ2v) is 7.04. The third-order valence-corrected chi connectivity index (χ3v) is 5.54. The van der Waals surface area contributed by atoms with Crippen molar-refractivity contribution in [3.8, 4) is 0 Å². The first-order chi connectivity index (χ1) is 11.6. The number of amides is 1. The molecule has 1 atom stereocenters. The standard InChI is InChI=1S/C19H17ClFNOS/c1-2-6-15(12-7-4-3-5-8-12)22-19(23)18-17(20)14-10-9-13(21)11-16(14)24-18/h3-5,7-11,15H,2,6H2,1H3,(H,22,23). The Morgan fingerprint density at radius 1 is 1.25 bits per heavy atom. The molecule has 2 nitrogen and oxygen atoms in total. The van der Waals surface area contributed by atoms with E-state index in [1.54, 1.807) is 6.07 Å². The smallest absolute Gasteiger partial charge is 0.263 e. The summed E-state index contributed by atoms with van der Waals surface area (Å²) in [5, 5.41) is 4.15. The van der Waals surface area contributed by atoms with Gasteiger partial charge in [-0.05, 0) is 30.2 Å². The van der Waals surface area contributed by atoms with Gasteiger partial charge in [-0.15, -0.1) is 11.3 Å². The summed E-state index contributed by atoms with van der Waals surface area (Å²) in [6.45, 7) is 2.08. The molecule has 0 saturated heterocycles. The summed E-state index contributed by atoms with van der Waals surface area (Å²) in [4.78, 5) is 13.1. The molecule has 5 heteroatoms. The van der Waals surface area contributed by atoms with Gasteiger partial charge in [0.1, 0.15) is 10.7 Å². The molecule has 0 saturated carbocycles. The van der Waals surface area contributed by atoms with Crippen molar-refractivity contribution in [2.24, 2.45) is 0 Å². The fraction of sp³-hybridized carbons (Fsp3) is 0.211. The minimum absolute atomic E-state index is 0.0679. The average molecular weight is 362 g/mol. The predicted octanol–water partition coefficient (Wildman–Crippen LogP) is 5.97. The Morgan fingerprint density at radius 3 is 2.71 bits per heavy atom. The van der Waals surface area contributed by atoms with Gasteiger partial charge in [0.05, 0.1) is 11.1 Å². The fourth-order valence-electron chi connectivity index (χ4n) is 2.71. The number of halogens is 2. The number of benzene rings is 2. The molecule has 0 radical (unpaired) electrons. The Labute approximate surface area is 149 Å². The Morgan fingerprint density at radius 2 is 2.00 bits per heavy atom. The van der Waals surface area contributed by atoms with Crippen molar-refractivity contribution < 1.29 is 9.18 Å². The molecular formula is C19H17ClFNOS. The molecule has 124 valence electrons. The molecule has 1 heterocycles. The fourth-order valence-corrected chi connectivity index (χ4v) is 4.15. The zero-order valence-electron chi connectivity index (χ0n) is 13.2. The molecule has 3 aromatic rings. The maximum atomic E-state index is 13.4. The van der Waals surface area contributed by atoms with Gasteiger partial charge in [0.2, 0.25) is 0 Å². The van der Waals surface area contributed by atoms with Gasteiger partial charge in [0, 0.05) is 10.1 Å². The maximum absolute atomic E-state index is 13.4. The molecular weight excluding hydrogens is 345 g/mol. The number of hydrogen-bond acceptors (Lipinski definition) is 2. The number of rotatable bonds is 5. The van der Waals surface area contributed by atoms with Gasteiger partial charge in [-0.2, -0.15) is 0 Å². The average Bonchev–Trinajstić information content (AvgIpc) is 2.91. The molecule has 1 aromatic heterocycles. The van der Waals surface area contributed by atoms with Crippen molar-refractivity contribution in [1.82, 2.24) is 5.32 Å². The third-order valence-electron chi connectivity index (χ3n) is 3.88. The lowest BCUT2D eigenvalue weighted by Crippen LogP contribution is -2.28. The van der Waals surface area contributed by atoms with Crippen molar-refractivity contribution in [3.05, 3.63) is 69.8 Å². The largest absolute Gasteiger partial charge is 0.344 e. The van der Waals surface area contributed by atoms with Crippen LogP contribution in [0.5, 0.6) is 0 Å². The Hall–Kier alpha value is -1.91. The molecule has 1 N–H and O–H groups in total. The van der Waals surface area contributed by atoms with Crippen LogP contribution in [0.2, 0.25) is 5.02 Å². The lowest BCUT2D eigenvalue weighted by atomic mass is 10.0. The van der Waals surface area contributed by atoms with Crippen LogP contribution in [0.25, 0.3) is 10.1 Å². The monoisotopic (exact) mass is 361 g/mol. The van der Waals surface area contributed by atoms with E-state index in [-0.39, 0.29) is 17.8 Å². The van der Waals surface area contributed by atoms with Crippen LogP contribution in [0, 0.1) is 5.82 Å². The van der Waals surface area contributed by atoms with Crippen LogP contribution in [-0.4, -0.2) is 5.91 Å². The minimum atomic E-state index is -0.333. The summed E-state index contributed by atoms with van der Waals surface area (Å²) < 4.78 is 14.1. The molecule has 2 aromatic carbocycles. The van der Waals surface area contributed by atoms with Crippen LogP contribution < -0.4 is 5.32 Å². The first-order valence-corrected chi connectivity index (χ1v) is 9.03. The number of carbonyl (C=O) groups excluding carboxylic acids is 1. The lowest BCUT2D eigenvalue weighted by molar-refractivity contribution is 0.0939. The highest BCUT2D eigenvalue weighted by molar-refractivity contribution is 7.21. The lowest BCUT2D eigenvalue weighted by Gasteiger charge is -2.18. The summed E-state index contributed by atoms with van der Waals surface area (Å²) in [5.41, 5.74) is 1.07. The highest BCUT2D eigenvalue weighted by Gasteiger charge is 2.21. The SMILES string of the molecule is CCCC(NC(=O)c1sc2cc(F)ccc2c1Cl)c1ccccc1. The van der Waals surface area contributed by atoms with Crippen molar-refractivity contribution in [3.63, 3.8) is 0 Å².